The zero-order valence-electron chi connectivity index (χ0n) is 10.5. The molecule has 2 aromatic heterocycles. The Labute approximate surface area is 119 Å². The highest BCUT2D eigenvalue weighted by Crippen LogP contribution is 2.31. The minimum absolute atomic E-state index is 0.451. The smallest absolute Gasteiger partial charge is 0.171 e. The predicted molar refractivity (Wildman–Crippen MR) is 79.2 cm³/mol. The zero-order chi connectivity index (χ0) is 13.4. The van der Waals surface area contributed by atoms with Crippen LogP contribution in [0, 0.1) is 6.92 Å². The first-order valence-corrected chi connectivity index (χ1v) is 7.00. The second kappa shape index (κ2) is 4.79. The number of aryl methyl sites for hydroxylation is 1. The molecule has 1 aromatic carbocycles. The fourth-order valence-electron chi connectivity index (χ4n) is 1.90. The van der Waals surface area contributed by atoms with Crippen LogP contribution in [0.15, 0.2) is 29.6 Å². The molecule has 5 heteroatoms. The molecule has 19 heavy (non-hydrogen) atoms. The molecule has 0 atom stereocenters. The number of benzene rings is 1. The predicted octanol–water partition coefficient (Wildman–Crippen LogP) is 4.33. The molecule has 3 aromatic rings. The second-order valence-electron chi connectivity index (χ2n) is 4.15. The molecule has 0 N–H and O–H groups in total. The molecular weight excluding hydrogens is 280 g/mol. The van der Waals surface area contributed by atoms with E-state index >= 15 is 0 Å². The minimum atomic E-state index is 0.451. The average molecular weight is 291 g/mol. The van der Waals surface area contributed by atoms with Gasteiger partial charge in [0.2, 0.25) is 0 Å². The van der Waals surface area contributed by atoms with Crippen LogP contribution in [0.2, 0.25) is 5.15 Å². The van der Waals surface area contributed by atoms with Crippen molar-refractivity contribution in [2.75, 3.05) is 7.11 Å². The van der Waals surface area contributed by atoms with E-state index in [0.717, 1.165) is 27.1 Å². The van der Waals surface area contributed by atoms with Crippen LogP contribution in [0.5, 0.6) is 5.75 Å². The van der Waals surface area contributed by atoms with Gasteiger partial charge in [-0.05, 0) is 42.1 Å². The highest BCUT2D eigenvalue weighted by molar-refractivity contribution is 7.13. The molecule has 0 aliphatic carbocycles. The molecule has 0 saturated carbocycles. The summed E-state index contributed by atoms with van der Waals surface area (Å²) in [7, 11) is 1.62. The number of halogens is 1. The van der Waals surface area contributed by atoms with Gasteiger partial charge in [0.15, 0.2) is 5.82 Å². The Balaban J connectivity index is 2.23. The summed E-state index contributed by atoms with van der Waals surface area (Å²) in [5, 5.41) is 3.28. The van der Waals surface area contributed by atoms with E-state index in [2.05, 4.69) is 16.0 Å². The van der Waals surface area contributed by atoms with Gasteiger partial charge in [-0.15, -0.1) is 11.3 Å². The third-order valence-electron chi connectivity index (χ3n) is 2.92. The molecule has 0 fully saturated rings. The first kappa shape index (κ1) is 12.4. The number of hydrogen-bond donors (Lipinski definition) is 0. The van der Waals surface area contributed by atoms with Crippen molar-refractivity contribution in [3.63, 3.8) is 0 Å². The second-order valence-corrected chi connectivity index (χ2v) is 5.43. The lowest BCUT2D eigenvalue weighted by atomic mass is 10.2. The van der Waals surface area contributed by atoms with Crippen LogP contribution in [-0.2, 0) is 0 Å². The van der Waals surface area contributed by atoms with Crippen molar-refractivity contribution < 1.29 is 4.74 Å². The van der Waals surface area contributed by atoms with E-state index in [1.165, 1.54) is 0 Å². The van der Waals surface area contributed by atoms with Crippen LogP contribution in [0.1, 0.15) is 5.56 Å². The molecular formula is C14H11ClN2OS. The Bertz CT molecular complexity index is 754. The van der Waals surface area contributed by atoms with Gasteiger partial charge in [0.05, 0.1) is 17.5 Å². The molecule has 0 unspecified atom stereocenters. The largest absolute Gasteiger partial charge is 0.497 e. The fourth-order valence-corrected chi connectivity index (χ4v) is 2.99. The summed E-state index contributed by atoms with van der Waals surface area (Å²) in [6, 6.07) is 7.67. The van der Waals surface area contributed by atoms with Gasteiger partial charge >= 0.3 is 0 Å². The lowest BCUT2D eigenvalue weighted by Gasteiger charge is -2.06. The molecule has 0 amide bonds. The minimum Gasteiger partial charge on any atom is -0.497 e. The molecule has 2 heterocycles. The van der Waals surface area contributed by atoms with Crippen LogP contribution in [0.3, 0.4) is 0 Å². The number of hydrogen-bond acceptors (Lipinski definition) is 4. The number of methoxy groups -OCH3 is 1. The molecule has 3 rings (SSSR count). The molecule has 0 spiro atoms. The Kier molecular flexibility index (Phi) is 3.12. The summed E-state index contributed by atoms with van der Waals surface area (Å²) < 4.78 is 5.19. The summed E-state index contributed by atoms with van der Waals surface area (Å²) in [6.07, 6.45) is 0. The lowest BCUT2D eigenvalue weighted by Crippen LogP contribution is -1.92. The molecule has 0 radical (unpaired) electrons. The molecule has 0 aliphatic rings. The van der Waals surface area contributed by atoms with Gasteiger partial charge in [-0.25, -0.2) is 9.97 Å². The standard InChI is InChI=1S/C14H11ClN2OS/c1-8-5-6-19-12(8)14-16-11-4-3-9(18-2)7-10(11)13(15)17-14/h3-7H,1-2H3. The number of aromatic nitrogens is 2. The molecule has 0 aliphatic heterocycles. The van der Waals surface area contributed by atoms with Gasteiger partial charge in [-0.2, -0.15) is 0 Å². The van der Waals surface area contributed by atoms with Crippen LogP contribution in [0.4, 0.5) is 0 Å². The van der Waals surface area contributed by atoms with Crippen LogP contribution >= 0.6 is 22.9 Å². The number of fused-ring (bicyclic) bond motifs is 1. The maximum atomic E-state index is 6.26. The molecule has 0 bridgehead atoms. The maximum absolute atomic E-state index is 6.26. The first-order valence-electron chi connectivity index (χ1n) is 5.75. The Morgan fingerprint density at radius 3 is 2.74 bits per heavy atom. The van der Waals surface area contributed by atoms with E-state index in [1.807, 2.05) is 30.5 Å². The highest BCUT2D eigenvalue weighted by atomic mass is 35.5. The van der Waals surface area contributed by atoms with Crippen LogP contribution < -0.4 is 4.74 Å². The third-order valence-corrected chi connectivity index (χ3v) is 4.22. The van der Waals surface area contributed by atoms with Gasteiger partial charge in [-0.1, -0.05) is 11.6 Å². The monoisotopic (exact) mass is 290 g/mol. The normalized spacial score (nSPS) is 10.9. The number of ether oxygens (including phenoxy) is 1. The average Bonchev–Trinajstić information content (AvgIpc) is 2.84. The summed E-state index contributed by atoms with van der Waals surface area (Å²) in [6.45, 7) is 2.04. The molecule has 0 saturated heterocycles. The van der Waals surface area contributed by atoms with E-state index in [1.54, 1.807) is 18.4 Å². The van der Waals surface area contributed by atoms with Gasteiger partial charge in [0.1, 0.15) is 10.9 Å². The zero-order valence-corrected chi connectivity index (χ0v) is 12.0. The summed E-state index contributed by atoms with van der Waals surface area (Å²) in [4.78, 5) is 10.0. The first-order chi connectivity index (χ1) is 9.19. The Hall–Kier alpha value is -1.65. The van der Waals surface area contributed by atoms with Crippen molar-refractivity contribution in [2.24, 2.45) is 0 Å². The number of thiophene rings is 1. The van der Waals surface area contributed by atoms with Crippen molar-refractivity contribution in [1.82, 2.24) is 9.97 Å². The van der Waals surface area contributed by atoms with E-state index in [0.29, 0.717) is 11.0 Å². The van der Waals surface area contributed by atoms with E-state index in [-0.39, 0.29) is 0 Å². The molecule has 96 valence electrons. The van der Waals surface area contributed by atoms with E-state index in [4.69, 9.17) is 16.3 Å². The van der Waals surface area contributed by atoms with Gasteiger partial charge in [0, 0.05) is 5.39 Å². The Morgan fingerprint density at radius 2 is 2.05 bits per heavy atom. The van der Waals surface area contributed by atoms with Crippen molar-refractivity contribution in [3.8, 4) is 16.5 Å². The third kappa shape index (κ3) is 2.17. The van der Waals surface area contributed by atoms with E-state index < -0.39 is 0 Å². The summed E-state index contributed by atoms with van der Waals surface area (Å²) in [5.41, 5.74) is 1.98. The van der Waals surface area contributed by atoms with Crippen molar-refractivity contribution in [2.45, 2.75) is 6.92 Å². The van der Waals surface area contributed by atoms with Crippen molar-refractivity contribution >= 4 is 33.8 Å². The lowest BCUT2D eigenvalue weighted by molar-refractivity contribution is 0.415. The quantitative estimate of drug-likeness (QED) is 0.659. The maximum Gasteiger partial charge on any atom is 0.171 e. The SMILES string of the molecule is COc1ccc2nc(-c3sccc3C)nc(Cl)c2c1. The summed E-state index contributed by atoms with van der Waals surface area (Å²) in [5.74, 6) is 1.42. The van der Waals surface area contributed by atoms with Gasteiger partial charge in [-0.3, -0.25) is 0 Å². The Morgan fingerprint density at radius 1 is 1.21 bits per heavy atom. The van der Waals surface area contributed by atoms with Gasteiger partial charge in [0.25, 0.3) is 0 Å². The van der Waals surface area contributed by atoms with Gasteiger partial charge < -0.3 is 4.74 Å². The number of nitrogens with zero attached hydrogens (tertiary/aromatic N) is 2. The number of rotatable bonds is 2. The van der Waals surface area contributed by atoms with E-state index in [9.17, 15) is 0 Å². The highest BCUT2D eigenvalue weighted by Gasteiger charge is 2.11. The van der Waals surface area contributed by atoms with Crippen LogP contribution in [0.25, 0.3) is 21.6 Å². The molecule has 3 nitrogen and oxygen atoms in total. The van der Waals surface area contributed by atoms with Crippen molar-refractivity contribution in [1.29, 1.82) is 0 Å². The summed E-state index contributed by atoms with van der Waals surface area (Å²) >= 11 is 7.88. The topological polar surface area (TPSA) is 35.0 Å². The fraction of sp³-hybridized carbons (Fsp3) is 0.143. The van der Waals surface area contributed by atoms with Crippen molar-refractivity contribution in [3.05, 3.63) is 40.4 Å². The van der Waals surface area contributed by atoms with Crippen LogP contribution in [-0.4, -0.2) is 17.1 Å².